The number of benzene rings is 15. The molecule has 0 amide bonds. The van der Waals surface area contributed by atoms with E-state index in [-0.39, 0.29) is 0 Å². The fourth-order valence-electron chi connectivity index (χ4n) is 14.4. The summed E-state index contributed by atoms with van der Waals surface area (Å²) in [6.07, 6.45) is 0. The lowest BCUT2D eigenvalue weighted by Crippen LogP contribution is -2.16. The molecule has 454 valence electrons. The van der Waals surface area contributed by atoms with E-state index in [0.29, 0.717) is 5.02 Å². The molecule has 0 aliphatic rings. The van der Waals surface area contributed by atoms with Crippen molar-refractivity contribution in [3.05, 3.63) is 375 Å². The topological polar surface area (TPSA) is 16.3 Å². The second-order valence-corrected chi connectivity index (χ2v) is 25.1. The number of rotatable bonds is 14. The zero-order valence-electron chi connectivity index (χ0n) is 52.8. The van der Waals surface area contributed by atoms with Gasteiger partial charge in [0.05, 0.1) is 33.4 Å². The predicted octanol–water partition coefficient (Wildman–Crippen LogP) is 25.8. The number of hydrogen-bond acceptors (Lipinski definition) is 2. The molecule has 2 heterocycles. The van der Waals surface area contributed by atoms with Crippen LogP contribution in [0.15, 0.2) is 364 Å². The summed E-state index contributed by atoms with van der Waals surface area (Å²) < 4.78 is 4.77. The van der Waals surface area contributed by atoms with Gasteiger partial charge in [-0.2, -0.15) is 0 Å². The third-order valence-electron chi connectivity index (χ3n) is 18.8. The highest BCUT2D eigenvalue weighted by Gasteiger charge is 2.28. The highest BCUT2D eigenvalue weighted by atomic mass is 35.5. The van der Waals surface area contributed by atoms with Gasteiger partial charge in [0, 0.05) is 82.9 Å². The number of fused-ring (bicyclic) bond motifs is 6. The molecular formula is C91H63ClN4. The molecule has 0 radical (unpaired) electrons. The van der Waals surface area contributed by atoms with Crippen LogP contribution in [0.3, 0.4) is 0 Å². The molecule has 0 saturated heterocycles. The number of anilines is 6. The van der Waals surface area contributed by atoms with Crippen molar-refractivity contribution in [2.24, 2.45) is 0 Å². The first-order valence-electron chi connectivity index (χ1n) is 32.7. The maximum Gasteiger partial charge on any atom is 0.0618 e. The summed E-state index contributed by atoms with van der Waals surface area (Å²) in [6.45, 7) is 2.14. The molecule has 17 rings (SSSR count). The fourth-order valence-corrected chi connectivity index (χ4v) is 14.6. The van der Waals surface area contributed by atoms with Crippen LogP contribution in [0.1, 0.15) is 5.56 Å². The first kappa shape index (κ1) is 57.7. The van der Waals surface area contributed by atoms with Crippen molar-refractivity contribution in [3.63, 3.8) is 0 Å². The normalized spacial score (nSPS) is 11.4. The summed E-state index contributed by atoms with van der Waals surface area (Å²) in [5.41, 5.74) is 26.9. The third-order valence-corrected chi connectivity index (χ3v) is 19.0. The predicted molar refractivity (Wildman–Crippen MR) is 407 cm³/mol. The van der Waals surface area contributed by atoms with Gasteiger partial charge in [0.2, 0.25) is 0 Å². The highest BCUT2D eigenvalue weighted by molar-refractivity contribution is 6.31. The Morgan fingerprint density at radius 1 is 0.229 bits per heavy atom. The number of halogens is 1. The molecule has 0 fully saturated rings. The number of hydrogen-bond donors (Lipinski definition) is 0. The largest absolute Gasteiger partial charge is 0.309 e. The monoisotopic (exact) mass is 1250 g/mol. The van der Waals surface area contributed by atoms with Gasteiger partial charge in [-0.1, -0.05) is 278 Å². The Morgan fingerprint density at radius 3 is 0.958 bits per heavy atom. The van der Waals surface area contributed by atoms with E-state index in [4.69, 9.17) is 11.6 Å². The quantitative estimate of drug-likeness (QED) is 0.108. The van der Waals surface area contributed by atoms with Gasteiger partial charge < -0.3 is 18.9 Å². The lowest BCUT2D eigenvalue weighted by atomic mass is 9.93. The second-order valence-electron chi connectivity index (χ2n) is 24.6. The summed E-state index contributed by atoms with van der Waals surface area (Å²) in [7, 11) is 0. The van der Waals surface area contributed by atoms with Gasteiger partial charge in [0.1, 0.15) is 0 Å². The molecule has 0 aliphatic heterocycles. The van der Waals surface area contributed by atoms with Gasteiger partial charge in [-0.3, -0.25) is 0 Å². The van der Waals surface area contributed by atoms with Crippen LogP contribution in [0, 0.1) is 6.92 Å². The minimum atomic E-state index is 0.581. The van der Waals surface area contributed by atoms with E-state index in [2.05, 4.69) is 390 Å². The molecule has 2 aromatic heterocycles. The van der Waals surface area contributed by atoms with E-state index in [9.17, 15) is 0 Å². The molecule has 17 aromatic rings. The van der Waals surface area contributed by atoms with Crippen molar-refractivity contribution in [1.29, 1.82) is 0 Å². The van der Waals surface area contributed by atoms with E-state index < -0.39 is 0 Å². The molecule has 0 N–H and O–H groups in total. The molecule has 0 unspecified atom stereocenters. The van der Waals surface area contributed by atoms with Gasteiger partial charge in [-0.05, 0) is 155 Å². The molecule has 0 aliphatic carbocycles. The SMILES string of the molecule is Cc1ccc(-n2c3ccccc3c3cc(-c4cccc(N(c5cc(Cl)cc(N(c6cccc(-c7ccc8c(c7)c7ccccc7n8-c7ccccc7)c6)c6c(-c7ccccc7)cccc6-c6ccccc6)c5)c5c(-c6ccccc6)cccc5-c5ccccc5)c4)ccc32)cc1. The summed E-state index contributed by atoms with van der Waals surface area (Å²) in [4.78, 5) is 4.89. The van der Waals surface area contributed by atoms with Gasteiger partial charge in [-0.25, -0.2) is 0 Å². The molecule has 0 spiro atoms. The Kier molecular flexibility index (Phi) is 14.8. The Hall–Kier alpha value is -12.2. The first-order valence-corrected chi connectivity index (χ1v) is 33.1. The average molecular weight is 1250 g/mol. The number of para-hydroxylation sites is 5. The average Bonchev–Trinajstić information content (AvgIpc) is 1.43. The van der Waals surface area contributed by atoms with E-state index >= 15 is 0 Å². The van der Waals surface area contributed by atoms with Crippen LogP contribution < -0.4 is 9.80 Å². The van der Waals surface area contributed by atoms with Gasteiger partial charge in [0.15, 0.2) is 0 Å². The maximum atomic E-state index is 7.92. The number of aryl methyl sites for hydroxylation is 1. The van der Waals surface area contributed by atoms with Crippen LogP contribution in [-0.4, -0.2) is 9.13 Å². The maximum absolute atomic E-state index is 7.92. The molecule has 0 bridgehead atoms. The Labute approximate surface area is 564 Å². The van der Waals surface area contributed by atoms with Crippen LogP contribution in [0.4, 0.5) is 34.1 Å². The van der Waals surface area contributed by atoms with Crippen molar-refractivity contribution in [1.82, 2.24) is 9.13 Å². The molecular weight excluding hydrogens is 1180 g/mol. The Morgan fingerprint density at radius 2 is 0.552 bits per heavy atom. The van der Waals surface area contributed by atoms with E-state index in [1.54, 1.807) is 0 Å². The Balaban J connectivity index is 0.908. The summed E-state index contributed by atoms with van der Waals surface area (Å²) in [5.74, 6) is 0. The zero-order valence-corrected chi connectivity index (χ0v) is 53.6. The second kappa shape index (κ2) is 24.7. The molecule has 15 aromatic carbocycles. The van der Waals surface area contributed by atoms with Crippen molar-refractivity contribution >= 4 is 89.3 Å². The number of aromatic nitrogens is 2. The molecule has 4 nitrogen and oxygen atoms in total. The van der Waals surface area contributed by atoms with Crippen LogP contribution in [-0.2, 0) is 0 Å². The van der Waals surface area contributed by atoms with Crippen molar-refractivity contribution < 1.29 is 0 Å². The number of nitrogens with zero attached hydrogens (tertiary/aromatic N) is 4. The van der Waals surface area contributed by atoms with Crippen molar-refractivity contribution in [2.75, 3.05) is 9.80 Å². The summed E-state index contributed by atoms with van der Waals surface area (Å²) in [6, 6.07) is 132. The smallest absolute Gasteiger partial charge is 0.0618 e. The zero-order chi connectivity index (χ0) is 64.1. The van der Waals surface area contributed by atoms with E-state index in [1.165, 1.54) is 38.1 Å². The fraction of sp³-hybridized carbons (Fsp3) is 0.0110. The molecule has 0 atom stereocenters. The third kappa shape index (κ3) is 10.5. The highest BCUT2D eigenvalue weighted by Crippen LogP contribution is 2.53. The van der Waals surface area contributed by atoms with E-state index in [1.807, 2.05) is 0 Å². The summed E-state index contributed by atoms with van der Waals surface area (Å²) in [5, 5.41) is 5.37. The van der Waals surface area contributed by atoms with Crippen LogP contribution in [0.5, 0.6) is 0 Å². The molecule has 0 saturated carbocycles. The van der Waals surface area contributed by atoms with Gasteiger partial charge >= 0.3 is 0 Å². The first-order chi connectivity index (χ1) is 47.5. The Bertz CT molecular complexity index is 5610. The standard InChI is InChI=1S/C91H63ClN4/c1-62-47-51-73(52-48-62)96-87-46-20-18-40-83(87)85-58-70(50-54-89(85)96)68-34-22-38-75(56-68)94(91-80(65-29-11-4-12-30-65)43-24-44-81(91)66-31-13-5-14-32-66)77-60-71(92)59-76(61-77)93(90-78(63-25-7-2-8-26-63)41-23-42-79(90)64-27-9-3-10-28-64)74-37-21-33-67(55-74)69-49-53-88-84(57-69)82-39-17-19-45-86(82)95(88)72-35-15-6-16-36-72/h2-61H,1H3. The van der Waals surface area contributed by atoms with Crippen LogP contribution >= 0.6 is 11.6 Å². The molecule has 96 heavy (non-hydrogen) atoms. The summed E-state index contributed by atoms with van der Waals surface area (Å²) >= 11 is 7.92. The lowest BCUT2D eigenvalue weighted by molar-refractivity contribution is 1.17. The van der Waals surface area contributed by atoms with Gasteiger partial charge in [-0.15, -0.1) is 0 Å². The molecule has 5 heteroatoms. The van der Waals surface area contributed by atoms with Crippen LogP contribution in [0.2, 0.25) is 5.02 Å². The van der Waals surface area contributed by atoms with E-state index in [0.717, 1.165) is 123 Å². The minimum absolute atomic E-state index is 0.581. The van der Waals surface area contributed by atoms with Crippen LogP contribution in [0.25, 0.3) is 122 Å². The van der Waals surface area contributed by atoms with Crippen molar-refractivity contribution in [2.45, 2.75) is 6.92 Å². The minimum Gasteiger partial charge on any atom is -0.309 e. The van der Waals surface area contributed by atoms with Gasteiger partial charge in [0.25, 0.3) is 0 Å². The van der Waals surface area contributed by atoms with Crippen molar-refractivity contribution in [3.8, 4) is 78.1 Å². The lowest BCUT2D eigenvalue weighted by Gasteiger charge is -2.34.